The van der Waals surface area contributed by atoms with Crippen LogP contribution in [0.5, 0.6) is 0 Å². The Bertz CT molecular complexity index is 817. The molecule has 0 unspecified atom stereocenters. The Morgan fingerprint density at radius 1 is 0.750 bits per heavy atom. The number of pyridine rings is 1. The topological polar surface area (TPSA) is 182 Å². The number of imide groups is 2. The number of urea groups is 2. The number of carbonyl (C=O) groups excluding carboxylic acids is 6. The lowest BCUT2D eigenvalue weighted by Crippen LogP contribution is -2.44. The van der Waals surface area contributed by atoms with E-state index in [2.05, 4.69) is 15.6 Å². The highest BCUT2D eigenvalue weighted by Crippen LogP contribution is 2.04. The molecule has 0 aromatic carbocycles. The summed E-state index contributed by atoms with van der Waals surface area (Å²) < 4.78 is 9.50. The molecule has 0 aliphatic carbocycles. The third-order valence-electron chi connectivity index (χ3n) is 3.18. The predicted octanol–water partition coefficient (Wildman–Crippen LogP) is -0.136. The molecule has 0 aliphatic heterocycles. The first-order valence-electron chi connectivity index (χ1n) is 9.50. The van der Waals surface area contributed by atoms with Gasteiger partial charge in [-0.25, -0.2) is 24.2 Å². The standard InChI is InChI=1S/C19H25N5O8/c1-10(2)20-18(29)23-14(25)8-31-16(27)12-6-5-7-13(22-12)17(28)32-9-15(26)24-19(30)21-11(3)4/h5-7,10-11H,8-9H2,1-4H3,(H2,20,23,25,29)(H2,21,24,26,30). The summed E-state index contributed by atoms with van der Waals surface area (Å²) in [5.74, 6) is -3.77. The molecule has 1 heterocycles. The van der Waals surface area contributed by atoms with Crippen LogP contribution in [0.4, 0.5) is 9.59 Å². The van der Waals surface area contributed by atoms with Crippen molar-refractivity contribution >= 4 is 35.8 Å². The second-order valence-electron chi connectivity index (χ2n) is 6.91. The molecule has 0 spiro atoms. The first kappa shape index (κ1) is 26.0. The zero-order chi connectivity index (χ0) is 24.3. The summed E-state index contributed by atoms with van der Waals surface area (Å²) in [5.41, 5.74) is -0.612. The van der Waals surface area contributed by atoms with E-state index in [9.17, 15) is 28.8 Å². The quantitative estimate of drug-likeness (QED) is 0.391. The Morgan fingerprint density at radius 2 is 1.12 bits per heavy atom. The summed E-state index contributed by atoms with van der Waals surface area (Å²) in [4.78, 5) is 73.9. The van der Waals surface area contributed by atoms with E-state index in [0.717, 1.165) is 0 Å². The molecule has 13 nitrogen and oxygen atoms in total. The van der Waals surface area contributed by atoms with Gasteiger partial charge in [0.25, 0.3) is 11.8 Å². The van der Waals surface area contributed by atoms with Gasteiger partial charge in [0.15, 0.2) is 13.2 Å². The van der Waals surface area contributed by atoms with Gasteiger partial charge in [0.1, 0.15) is 11.4 Å². The van der Waals surface area contributed by atoms with E-state index in [1.807, 2.05) is 10.6 Å². The summed E-state index contributed by atoms with van der Waals surface area (Å²) >= 11 is 0. The van der Waals surface area contributed by atoms with Crippen molar-refractivity contribution in [3.63, 3.8) is 0 Å². The number of hydrogen-bond donors (Lipinski definition) is 4. The van der Waals surface area contributed by atoms with Crippen LogP contribution in [-0.2, 0) is 19.1 Å². The molecule has 1 aromatic rings. The number of nitrogens with zero attached hydrogens (tertiary/aromatic N) is 1. The van der Waals surface area contributed by atoms with Crippen molar-refractivity contribution in [3.05, 3.63) is 29.6 Å². The van der Waals surface area contributed by atoms with Gasteiger partial charge < -0.3 is 20.1 Å². The molecule has 4 N–H and O–H groups in total. The smallest absolute Gasteiger partial charge is 0.357 e. The van der Waals surface area contributed by atoms with Crippen molar-refractivity contribution < 1.29 is 38.2 Å². The number of esters is 2. The molecule has 0 bridgehead atoms. The van der Waals surface area contributed by atoms with Crippen LogP contribution < -0.4 is 21.3 Å². The van der Waals surface area contributed by atoms with Crippen LogP contribution in [0.3, 0.4) is 0 Å². The molecule has 174 valence electrons. The van der Waals surface area contributed by atoms with E-state index >= 15 is 0 Å². The van der Waals surface area contributed by atoms with Gasteiger partial charge in [-0.3, -0.25) is 20.2 Å². The van der Waals surface area contributed by atoms with Crippen LogP contribution in [0.15, 0.2) is 18.2 Å². The van der Waals surface area contributed by atoms with E-state index in [-0.39, 0.29) is 23.5 Å². The van der Waals surface area contributed by atoms with Gasteiger partial charge in [0.05, 0.1) is 0 Å². The Morgan fingerprint density at radius 3 is 1.47 bits per heavy atom. The second-order valence-corrected chi connectivity index (χ2v) is 6.91. The molecule has 1 rings (SSSR count). The Hall–Kier alpha value is -4.03. The monoisotopic (exact) mass is 451 g/mol. The van der Waals surface area contributed by atoms with E-state index < -0.39 is 49.0 Å². The molecule has 13 heteroatoms. The number of carbonyl (C=O) groups is 6. The SMILES string of the molecule is CC(C)NC(=O)NC(=O)COC(=O)c1cccc(C(=O)OCC(=O)NC(=O)NC(C)C)n1. The summed E-state index contributed by atoms with van der Waals surface area (Å²) in [7, 11) is 0. The summed E-state index contributed by atoms with van der Waals surface area (Å²) in [6, 6.07) is 1.90. The van der Waals surface area contributed by atoms with Gasteiger partial charge in [0, 0.05) is 12.1 Å². The molecule has 0 radical (unpaired) electrons. The Balaban J connectivity index is 2.55. The maximum absolute atomic E-state index is 12.0. The molecule has 0 aliphatic rings. The predicted molar refractivity (Wildman–Crippen MR) is 108 cm³/mol. The number of amides is 6. The zero-order valence-electron chi connectivity index (χ0n) is 18.0. The van der Waals surface area contributed by atoms with Crippen molar-refractivity contribution in [3.8, 4) is 0 Å². The Kier molecular flexibility index (Phi) is 10.3. The average Bonchev–Trinajstić information content (AvgIpc) is 2.68. The lowest BCUT2D eigenvalue weighted by molar-refractivity contribution is -0.123. The number of aromatic nitrogens is 1. The van der Waals surface area contributed by atoms with Gasteiger partial charge >= 0.3 is 24.0 Å². The maximum Gasteiger partial charge on any atom is 0.357 e. The minimum absolute atomic E-state index is 0.194. The average molecular weight is 451 g/mol. The summed E-state index contributed by atoms with van der Waals surface area (Å²) in [6.07, 6.45) is 0. The Labute approximate surface area is 183 Å². The minimum Gasteiger partial charge on any atom is -0.451 e. The van der Waals surface area contributed by atoms with Crippen LogP contribution in [0.25, 0.3) is 0 Å². The van der Waals surface area contributed by atoms with Gasteiger partial charge in [-0.15, -0.1) is 0 Å². The normalized spacial score (nSPS) is 10.2. The summed E-state index contributed by atoms with van der Waals surface area (Å²) in [6.45, 7) is 5.29. The van der Waals surface area contributed by atoms with Crippen molar-refractivity contribution in [2.45, 2.75) is 39.8 Å². The zero-order valence-corrected chi connectivity index (χ0v) is 18.0. The third-order valence-corrected chi connectivity index (χ3v) is 3.18. The van der Waals surface area contributed by atoms with Crippen molar-refractivity contribution in [1.82, 2.24) is 26.3 Å². The van der Waals surface area contributed by atoms with Gasteiger partial charge in [-0.1, -0.05) is 6.07 Å². The molecule has 0 saturated carbocycles. The number of ether oxygens (including phenoxy) is 2. The first-order chi connectivity index (χ1) is 15.0. The largest absolute Gasteiger partial charge is 0.451 e. The van der Waals surface area contributed by atoms with E-state index in [1.165, 1.54) is 18.2 Å². The van der Waals surface area contributed by atoms with E-state index in [4.69, 9.17) is 9.47 Å². The van der Waals surface area contributed by atoms with Crippen LogP contribution in [0.1, 0.15) is 48.7 Å². The minimum atomic E-state index is -1.03. The van der Waals surface area contributed by atoms with Crippen molar-refractivity contribution in [2.75, 3.05) is 13.2 Å². The molecule has 6 amide bonds. The highest BCUT2D eigenvalue weighted by Gasteiger charge is 2.18. The lowest BCUT2D eigenvalue weighted by atomic mass is 10.3. The van der Waals surface area contributed by atoms with Gasteiger partial charge in [0.2, 0.25) is 0 Å². The third kappa shape index (κ3) is 10.1. The molecule has 1 aromatic heterocycles. The molecular formula is C19H25N5O8. The van der Waals surface area contributed by atoms with Crippen LogP contribution >= 0.6 is 0 Å². The van der Waals surface area contributed by atoms with Gasteiger partial charge in [-0.2, -0.15) is 0 Å². The lowest BCUT2D eigenvalue weighted by Gasteiger charge is -2.10. The van der Waals surface area contributed by atoms with Crippen LogP contribution in [0.2, 0.25) is 0 Å². The van der Waals surface area contributed by atoms with Crippen LogP contribution in [-0.4, -0.2) is 66.1 Å². The van der Waals surface area contributed by atoms with Crippen LogP contribution in [0, 0.1) is 0 Å². The molecule has 0 fully saturated rings. The van der Waals surface area contributed by atoms with Crippen molar-refractivity contribution in [1.29, 1.82) is 0 Å². The first-order valence-corrected chi connectivity index (χ1v) is 9.50. The number of rotatable bonds is 8. The fourth-order valence-corrected chi connectivity index (χ4v) is 1.99. The molecule has 32 heavy (non-hydrogen) atoms. The molecule has 0 atom stereocenters. The van der Waals surface area contributed by atoms with E-state index in [1.54, 1.807) is 27.7 Å². The highest BCUT2D eigenvalue weighted by molar-refractivity contribution is 5.98. The number of nitrogens with one attached hydrogen (secondary N) is 4. The molecule has 0 saturated heterocycles. The van der Waals surface area contributed by atoms with E-state index in [0.29, 0.717) is 0 Å². The second kappa shape index (κ2) is 12.6. The fourth-order valence-electron chi connectivity index (χ4n) is 1.99. The van der Waals surface area contributed by atoms with Gasteiger partial charge in [-0.05, 0) is 39.8 Å². The summed E-state index contributed by atoms with van der Waals surface area (Å²) in [5, 5.41) is 8.79. The molecular weight excluding hydrogens is 426 g/mol. The van der Waals surface area contributed by atoms with Crippen molar-refractivity contribution in [2.24, 2.45) is 0 Å². The fraction of sp³-hybridized carbons (Fsp3) is 0.421. The highest BCUT2D eigenvalue weighted by atomic mass is 16.5. The number of hydrogen-bond acceptors (Lipinski definition) is 9. The maximum atomic E-state index is 12.0.